The van der Waals surface area contributed by atoms with E-state index in [0.717, 1.165) is 18.8 Å². The highest BCUT2D eigenvalue weighted by Crippen LogP contribution is 2.38. The van der Waals surface area contributed by atoms with Crippen molar-refractivity contribution in [2.75, 3.05) is 31.2 Å². The fourth-order valence-corrected chi connectivity index (χ4v) is 5.19. The van der Waals surface area contributed by atoms with Gasteiger partial charge < -0.3 is 25.0 Å². The van der Waals surface area contributed by atoms with Gasteiger partial charge in [-0.3, -0.25) is 4.99 Å². The number of halogens is 2. The van der Waals surface area contributed by atoms with Crippen molar-refractivity contribution in [3.8, 4) is 11.3 Å². The Balaban J connectivity index is 1.41. The monoisotopic (exact) mass is 506 g/mol. The van der Waals surface area contributed by atoms with Crippen LogP contribution in [0.1, 0.15) is 18.6 Å². The van der Waals surface area contributed by atoms with E-state index in [1.165, 1.54) is 12.4 Å². The molecule has 0 aliphatic carbocycles. The smallest absolute Gasteiger partial charge is 0.153 e. The van der Waals surface area contributed by atoms with Gasteiger partial charge in [0.15, 0.2) is 5.66 Å². The first-order valence-corrected chi connectivity index (χ1v) is 12.1. The van der Waals surface area contributed by atoms with E-state index in [1.54, 1.807) is 18.5 Å². The number of aliphatic hydroxyl groups excluding tert-OH is 1. The largest absolute Gasteiger partial charge is 0.382 e. The molecule has 8 nitrogen and oxygen atoms in total. The van der Waals surface area contributed by atoms with E-state index >= 15 is 4.39 Å². The number of nitrogens with zero attached hydrogens (tertiary/aromatic N) is 5. The zero-order chi connectivity index (χ0) is 24.9. The number of aliphatic imine (C=N–C) groups is 1. The Morgan fingerprint density at radius 1 is 1.17 bits per heavy atom. The van der Waals surface area contributed by atoms with Gasteiger partial charge in [0.05, 0.1) is 30.1 Å². The van der Waals surface area contributed by atoms with Crippen molar-refractivity contribution in [3.05, 3.63) is 77.9 Å². The highest BCUT2D eigenvalue weighted by molar-refractivity contribution is 6.32. The molecule has 0 saturated carbocycles. The maximum atomic E-state index is 15.3. The van der Waals surface area contributed by atoms with E-state index < -0.39 is 17.6 Å². The van der Waals surface area contributed by atoms with E-state index in [-0.39, 0.29) is 10.6 Å². The fraction of sp³-hybridized carbons (Fsp3) is 0.269. The average molecular weight is 507 g/mol. The molecule has 0 spiro atoms. The lowest BCUT2D eigenvalue weighted by Crippen LogP contribution is -2.56. The van der Waals surface area contributed by atoms with Crippen LogP contribution < -0.4 is 10.2 Å². The molecule has 2 atom stereocenters. The number of rotatable bonds is 4. The van der Waals surface area contributed by atoms with Crippen LogP contribution in [-0.2, 0) is 4.74 Å². The van der Waals surface area contributed by atoms with Crippen LogP contribution in [0.3, 0.4) is 0 Å². The Bertz CT molecular complexity index is 1440. The van der Waals surface area contributed by atoms with Crippen molar-refractivity contribution in [2.45, 2.75) is 18.7 Å². The topological polar surface area (TPSA) is 86.1 Å². The molecule has 36 heavy (non-hydrogen) atoms. The maximum absolute atomic E-state index is 15.3. The van der Waals surface area contributed by atoms with E-state index in [1.807, 2.05) is 42.4 Å². The molecule has 0 radical (unpaired) electrons. The first-order chi connectivity index (χ1) is 17.5. The summed E-state index contributed by atoms with van der Waals surface area (Å²) in [6.45, 7) is 4.86. The molecule has 0 bridgehead atoms. The van der Waals surface area contributed by atoms with Gasteiger partial charge in [-0.25, -0.2) is 14.4 Å². The summed E-state index contributed by atoms with van der Waals surface area (Å²) in [6, 6.07) is 8.64. The van der Waals surface area contributed by atoms with E-state index in [0.29, 0.717) is 41.1 Å². The number of benzene rings is 2. The van der Waals surface area contributed by atoms with Crippen molar-refractivity contribution in [1.29, 1.82) is 0 Å². The summed E-state index contributed by atoms with van der Waals surface area (Å²) >= 11 is 6.45. The van der Waals surface area contributed by atoms with Crippen molar-refractivity contribution in [1.82, 2.24) is 20.2 Å². The lowest BCUT2D eigenvalue weighted by atomic mass is 9.92. The minimum Gasteiger partial charge on any atom is -0.382 e. The van der Waals surface area contributed by atoms with Crippen LogP contribution in [0.15, 0.2) is 66.5 Å². The normalized spacial score (nSPS) is 21.9. The van der Waals surface area contributed by atoms with Crippen LogP contribution >= 0.6 is 11.6 Å². The van der Waals surface area contributed by atoms with Gasteiger partial charge in [-0.1, -0.05) is 11.6 Å². The standard InChI is InChI=1S/C26H24ClFN6O2/c1-26-25(29-4-6-34(26)7-5-32-26)24(35)18-13-19(21(28)14-20(18)27)23-17-3-2-16(12-22(17)30-15-31-23)33-8-10-36-11-9-33/h2-7,12-15,24,32,35H,8-11H2,1H3. The van der Waals surface area contributed by atoms with Crippen molar-refractivity contribution >= 4 is 33.9 Å². The van der Waals surface area contributed by atoms with E-state index in [2.05, 4.69) is 25.2 Å². The minimum absolute atomic E-state index is 0.107. The molecule has 1 fully saturated rings. The van der Waals surface area contributed by atoms with Gasteiger partial charge in [0.25, 0.3) is 0 Å². The molecule has 1 saturated heterocycles. The van der Waals surface area contributed by atoms with Gasteiger partial charge in [0, 0.05) is 65.1 Å². The predicted molar refractivity (Wildman–Crippen MR) is 137 cm³/mol. The maximum Gasteiger partial charge on any atom is 0.153 e. The summed E-state index contributed by atoms with van der Waals surface area (Å²) in [6.07, 6.45) is 7.31. The van der Waals surface area contributed by atoms with Crippen LogP contribution in [0.25, 0.3) is 22.2 Å². The molecular formula is C26H24ClFN6O2. The number of aliphatic hydroxyl groups is 1. The Morgan fingerprint density at radius 2 is 2.00 bits per heavy atom. The van der Waals surface area contributed by atoms with Crippen molar-refractivity contribution < 1.29 is 14.2 Å². The number of anilines is 1. The summed E-state index contributed by atoms with van der Waals surface area (Å²) in [7, 11) is 0. The molecule has 4 heterocycles. The summed E-state index contributed by atoms with van der Waals surface area (Å²) in [5, 5.41) is 15.4. The van der Waals surface area contributed by atoms with E-state index in [9.17, 15) is 5.11 Å². The second kappa shape index (κ2) is 8.85. The zero-order valence-corrected chi connectivity index (χ0v) is 20.3. The number of morpholine rings is 1. The fourth-order valence-electron chi connectivity index (χ4n) is 4.94. The molecule has 1 aromatic heterocycles. The van der Waals surface area contributed by atoms with Gasteiger partial charge in [-0.15, -0.1) is 0 Å². The number of aromatic nitrogens is 2. The van der Waals surface area contributed by atoms with Gasteiger partial charge in [-0.2, -0.15) is 0 Å². The third kappa shape index (κ3) is 3.71. The summed E-state index contributed by atoms with van der Waals surface area (Å²) in [4.78, 5) is 17.4. The van der Waals surface area contributed by atoms with Crippen LogP contribution in [0, 0.1) is 5.82 Å². The average Bonchev–Trinajstić information content (AvgIpc) is 3.30. The summed E-state index contributed by atoms with van der Waals surface area (Å²) in [5.41, 5.74) is 2.41. The van der Waals surface area contributed by atoms with Crippen molar-refractivity contribution in [3.63, 3.8) is 0 Å². The highest BCUT2D eigenvalue weighted by atomic mass is 35.5. The number of hydrogen-bond donors (Lipinski definition) is 2. The first-order valence-electron chi connectivity index (χ1n) is 11.7. The molecule has 3 aromatic rings. The second-order valence-electron chi connectivity index (χ2n) is 9.03. The number of fused-ring (bicyclic) bond motifs is 2. The summed E-state index contributed by atoms with van der Waals surface area (Å²) < 4.78 is 20.7. The van der Waals surface area contributed by atoms with Crippen molar-refractivity contribution in [2.24, 2.45) is 4.99 Å². The van der Waals surface area contributed by atoms with E-state index in [4.69, 9.17) is 16.3 Å². The molecule has 0 amide bonds. The third-order valence-electron chi connectivity index (χ3n) is 6.95. The quantitative estimate of drug-likeness (QED) is 0.553. The zero-order valence-electron chi connectivity index (χ0n) is 19.5. The lowest BCUT2D eigenvalue weighted by molar-refractivity contribution is 0.122. The Kier molecular flexibility index (Phi) is 5.63. The molecule has 2 aromatic carbocycles. The lowest BCUT2D eigenvalue weighted by Gasteiger charge is -2.39. The van der Waals surface area contributed by atoms with Gasteiger partial charge in [0.1, 0.15) is 18.2 Å². The number of nitrogens with one attached hydrogen (secondary N) is 1. The highest BCUT2D eigenvalue weighted by Gasteiger charge is 2.42. The molecule has 10 heteroatoms. The number of hydrogen-bond acceptors (Lipinski definition) is 8. The van der Waals surface area contributed by atoms with Gasteiger partial charge in [0.2, 0.25) is 0 Å². The van der Waals surface area contributed by atoms with Crippen LogP contribution in [0.2, 0.25) is 5.02 Å². The molecular weight excluding hydrogens is 483 g/mol. The summed E-state index contributed by atoms with van der Waals surface area (Å²) in [5.74, 6) is -0.535. The van der Waals surface area contributed by atoms with Gasteiger partial charge >= 0.3 is 0 Å². The molecule has 2 unspecified atom stereocenters. The molecule has 2 N–H and O–H groups in total. The van der Waals surface area contributed by atoms with Crippen LogP contribution in [0.4, 0.5) is 10.1 Å². The first kappa shape index (κ1) is 22.9. The third-order valence-corrected chi connectivity index (χ3v) is 7.27. The second-order valence-corrected chi connectivity index (χ2v) is 9.44. The number of ether oxygens (including phenoxy) is 1. The SMILES string of the molecule is CC12NC=CN1C=CN=C2C(O)c1cc(-c2ncnc3cc(N4CCOCC4)ccc23)c(F)cc1Cl. The Morgan fingerprint density at radius 3 is 2.83 bits per heavy atom. The van der Waals surface area contributed by atoms with Gasteiger partial charge in [-0.05, 0) is 37.3 Å². The van der Waals surface area contributed by atoms with Crippen LogP contribution in [-0.4, -0.2) is 57.7 Å². The Labute approximate surface area is 212 Å². The minimum atomic E-state index is -1.18. The predicted octanol–water partition coefficient (Wildman–Crippen LogP) is 3.98. The Hall–Kier alpha value is -3.53. The molecule has 6 rings (SSSR count). The van der Waals surface area contributed by atoms with Crippen LogP contribution in [0.5, 0.6) is 0 Å². The molecule has 3 aliphatic rings. The molecule has 184 valence electrons. The molecule has 3 aliphatic heterocycles.